The van der Waals surface area contributed by atoms with E-state index in [1.807, 2.05) is 20.8 Å². The van der Waals surface area contributed by atoms with Crippen molar-refractivity contribution in [3.05, 3.63) is 33.4 Å². The molecule has 0 aromatic heterocycles. The zero-order valence-corrected chi connectivity index (χ0v) is 16.4. The second-order valence-electron chi connectivity index (χ2n) is 6.79. The fourth-order valence-electron chi connectivity index (χ4n) is 3.50. The van der Waals surface area contributed by atoms with Crippen molar-refractivity contribution in [2.75, 3.05) is 0 Å². The first-order chi connectivity index (χ1) is 12.8. The minimum absolute atomic E-state index is 0.00500. The molecule has 0 saturated heterocycles. The summed E-state index contributed by atoms with van der Waals surface area (Å²) in [6, 6.07) is 0. The number of carbonyl (C=O) groups is 3. The molecular weight excluding hydrogens is 348 g/mol. The van der Waals surface area contributed by atoms with Gasteiger partial charge in [0.15, 0.2) is 0 Å². The maximum absolute atomic E-state index is 12.1. The molecule has 1 aromatic carbocycles. The molecule has 0 amide bonds. The zero-order chi connectivity index (χ0) is 20.6. The van der Waals surface area contributed by atoms with Gasteiger partial charge < -0.3 is 15.3 Å². The monoisotopic (exact) mass is 378 g/mol. The molecule has 1 rings (SSSR count). The van der Waals surface area contributed by atoms with E-state index >= 15 is 0 Å². The summed E-state index contributed by atoms with van der Waals surface area (Å²) in [6.45, 7) is 5.86. The Labute approximate surface area is 160 Å². The standard InChI is InChI=1S/C21H30O6/c1-4-7-10-13-14(11-8-5-2)17(20(24)25)18(21(26)27)15(12-9-6-3)16(13)19(22)23/h4-12H2,1-3H3,(H,22,23)(H,24,25)(H,26,27). The third kappa shape index (κ3) is 5.31. The Morgan fingerprint density at radius 1 is 0.556 bits per heavy atom. The molecule has 6 heteroatoms. The van der Waals surface area contributed by atoms with Crippen LogP contribution in [0.15, 0.2) is 0 Å². The van der Waals surface area contributed by atoms with Crippen LogP contribution in [-0.4, -0.2) is 33.2 Å². The quantitative estimate of drug-likeness (QED) is 0.481. The van der Waals surface area contributed by atoms with E-state index in [0.29, 0.717) is 36.8 Å². The number of rotatable bonds is 12. The number of carboxylic acids is 3. The second-order valence-corrected chi connectivity index (χ2v) is 6.79. The van der Waals surface area contributed by atoms with Crippen molar-refractivity contribution in [3.8, 4) is 0 Å². The number of hydrogen-bond donors (Lipinski definition) is 3. The largest absolute Gasteiger partial charge is 0.478 e. The van der Waals surface area contributed by atoms with Gasteiger partial charge in [0, 0.05) is 0 Å². The molecule has 0 aliphatic carbocycles. The minimum Gasteiger partial charge on any atom is -0.478 e. The van der Waals surface area contributed by atoms with Crippen LogP contribution >= 0.6 is 0 Å². The highest BCUT2D eigenvalue weighted by atomic mass is 16.4. The lowest BCUT2D eigenvalue weighted by molar-refractivity contribution is 0.0646. The smallest absolute Gasteiger partial charge is 0.336 e. The van der Waals surface area contributed by atoms with Gasteiger partial charge >= 0.3 is 17.9 Å². The van der Waals surface area contributed by atoms with Crippen LogP contribution in [0.3, 0.4) is 0 Å². The van der Waals surface area contributed by atoms with Crippen molar-refractivity contribution in [2.24, 2.45) is 0 Å². The molecule has 0 saturated carbocycles. The molecule has 0 atom stereocenters. The van der Waals surface area contributed by atoms with Gasteiger partial charge in [-0.15, -0.1) is 0 Å². The Bertz CT molecular complexity index is 705. The number of hydrogen-bond acceptors (Lipinski definition) is 3. The minimum atomic E-state index is -1.37. The van der Waals surface area contributed by atoms with Crippen LogP contribution in [0.4, 0.5) is 0 Å². The van der Waals surface area contributed by atoms with Gasteiger partial charge in [-0.2, -0.15) is 0 Å². The Morgan fingerprint density at radius 2 is 0.852 bits per heavy atom. The van der Waals surface area contributed by atoms with Gasteiger partial charge in [0.2, 0.25) is 0 Å². The van der Waals surface area contributed by atoms with Crippen LogP contribution in [0.25, 0.3) is 0 Å². The van der Waals surface area contributed by atoms with Crippen molar-refractivity contribution in [2.45, 2.75) is 78.6 Å². The van der Waals surface area contributed by atoms with Gasteiger partial charge in [-0.05, 0) is 55.2 Å². The lowest BCUT2D eigenvalue weighted by Gasteiger charge is -2.22. The first-order valence-corrected chi connectivity index (χ1v) is 9.72. The molecule has 0 radical (unpaired) electrons. The van der Waals surface area contributed by atoms with Crippen LogP contribution in [0.1, 0.15) is 107 Å². The predicted molar refractivity (Wildman–Crippen MR) is 103 cm³/mol. The molecule has 150 valence electrons. The van der Waals surface area contributed by atoms with E-state index < -0.39 is 17.9 Å². The van der Waals surface area contributed by atoms with Gasteiger partial charge in [-0.1, -0.05) is 40.0 Å². The molecule has 0 bridgehead atoms. The summed E-state index contributed by atoms with van der Waals surface area (Å²) in [4.78, 5) is 36.1. The first-order valence-electron chi connectivity index (χ1n) is 9.72. The molecule has 3 N–H and O–H groups in total. The Hall–Kier alpha value is -2.37. The average Bonchev–Trinajstić information content (AvgIpc) is 2.61. The number of unbranched alkanes of at least 4 members (excludes halogenated alkanes) is 3. The van der Waals surface area contributed by atoms with Crippen molar-refractivity contribution >= 4 is 17.9 Å². The van der Waals surface area contributed by atoms with E-state index in [1.165, 1.54) is 0 Å². The molecule has 0 unspecified atom stereocenters. The van der Waals surface area contributed by atoms with Crippen LogP contribution in [0.5, 0.6) is 0 Å². The maximum Gasteiger partial charge on any atom is 0.336 e. The highest BCUT2D eigenvalue weighted by molar-refractivity contribution is 6.07. The summed E-state index contributed by atoms with van der Waals surface area (Å²) < 4.78 is 0. The highest BCUT2D eigenvalue weighted by Crippen LogP contribution is 2.33. The van der Waals surface area contributed by atoms with Crippen molar-refractivity contribution in [3.63, 3.8) is 0 Å². The Morgan fingerprint density at radius 3 is 1.19 bits per heavy atom. The molecule has 1 aromatic rings. The van der Waals surface area contributed by atoms with Gasteiger partial charge in [0.25, 0.3) is 0 Å². The molecule has 27 heavy (non-hydrogen) atoms. The second kappa shape index (κ2) is 10.7. The van der Waals surface area contributed by atoms with E-state index in [1.54, 1.807) is 0 Å². The normalized spacial score (nSPS) is 10.8. The van der Waals surface area contributed by atoms with Crippen LogP contribution in [0, 0.1) is 0 Å². The Kier molecular flexibility index (Phi) is 8.98. The number of carboxylic acid groups (broad SMARTS) is 3. The van der Waals surface area contributed by atoms with Crippen molar-refractivity contribution in [1.82, 2.24) is 0 Å². The van der Waals surface area contributed by atoms with E-state index in [9.17, 15) is 29.7 Å². The summed E-state index contributed by atoms with van der Waals surface area (Å²) >= 11 is 0. The number of aromatic carboxylic acids is 3. The SMILES string of the molecule is CCCCc1c(CCCC)c(C(=O)O)c(C(=O)O)c(CCCC)c1C(=O)O. The fraction of sp³-hybridized carbons (Fsp3) is 0.571. The number of benzene rings is 1. The molecule has 0 aliphatic heterocycles. The van der Waals surface area contributed by atoms with Gasteiger partial charge in [0.05, 0.1) is 16.7 Å². The fourth-order valence-corrected chi connectivity index (χ4v) is 3.50. The molecule has 0 spiro atoms. The summed E-state index contributed by atoms with van der Waals surface area (Å²) in [5.41, 5.74) is 0.475. The first kappa shape index (κ1) is 22.7. The van der Waals surface area contributed by atoms with E-state index in [-0.39, 0.29) is 28.7 Å². The third-order valence-corrected chi connectivity index (χ3v) is 4.80. The van der Waals surface area contributed by atoms with E-state index in [2.05, 4.69) is 0 Å². The van der Waals surface area contributed by atoms with Gasteiger partial charge in [0.1, 0.15) is 0 Å². The molecular formula is C21H30O6. The highest BCUT2D eigenvalue weighted by Gasteiger charge is 2.32. The topological polar surface area (TPSA) is 112 Å². The maximum atomic E-state index is 12.1. The summed E-state index contributed by atoms with van der Waals surface area (Å²) in [5.74, 6) is -3.85. The van der Waals surface area contributed by atoms with Crippen molar-refractivity contribution < 1.29 is 29.7 Å². The lowest BCUT2D eigenvalue weighted by Crippen LogP contribution is -2.22. The lowest BCUT2D eigenvalue weighted by atomic mass is 9.81. The molecule has 0 heterocycles. The Balaban J connectivity index is 3.99. The van der Waals surface area contributed by atoms with Gasteiger partial charge in [-0.25, -0.2) is 14.4 Å². The molecule has 0 fully saturated rings. The average molecular weight is 378 g/mol. The predicted octanol–water partition coefficient (Wildman–Crippen LogP) is 4.81. The van der Waals surface area contributed by atoms with Crippen LogP contribution < -0.4 is 0 Å². The van der Waals surface area contributed by atoms with Crippen LogP contribution in [0.2, 0.25) is 0 Å². The van der Waals surface area contributed by atoms with E-state index in [0.717, 1.165) is 25.7 Å². The summed E-state index contributed by atoms with van der Waals surface area (Å²) in [6.07, 6.45) is 5.43. The van der Waals surface area contributed by atoms with E-state index in [4.69, 9.17) is 0 Å². The van der Waals surface area contributed by atoms with Crippen molar-refractivity contribution in [1.29, 1.82) is 0 Å². The summed E-state index contributed by atoms with van der Waals surface area (Å²) in [7, 11) is 0. The zero-order valence-electron chi connectivity index (χ0n) is 16.4. The third-order valence-electron chi connectivity index (χ3n) is 4.80. The van der Waals surface area contributed by atoms with Gasteiger partial charge in [-0.3, -0.25) is 0 Å². The molecule has 0 aliphatic rings. The summed E-state index contributed by atoms with van der Waals surface area (Å²) in [5, 5.41) is 29.5. The molecule has 6 nitrogen and oxygen atoms in total. The van der Waals surface area contributed by atoms with Crippen LogP contribution in [-0.2, 0) is 19.3 Å².